The van der Waals surface area contributed by atoms with Crippen LogP contribution in [0.3, 0.4) is 0 Å². The molecule has 1 atom stereocenters. The first-order valence-corrected chi connectivity index (χ1v) is 9.25. The summed E-state index contributed by atoms with van der Waals surface area (Å²) in [6.45, 7) is -0.0705. The number of furan rings is 1. The predicted octanol–water partition coefficient (Wildman–Crippen LogP) is 3.16. The van der Waals surface area contributed by atoms with Gasteiger partial charge in [0.2, 0.25) is 0 Å². The van der Waals surface area contributed by atoms with Crippen molar-refractivity contribution in [1.29, 1.82) is 0 Å². The van der Waals surface area contributed by atoms with Gasteiger partial charge in [-0.2, -0.15) is 0 Å². The predicted molar refractivity (Wildman–Crippen MR) is 98.7 cm³/mol. The zero-order valence-corrected chi connectivity index (χ0v) is 15.3. The Morgan fingerprint density at radius 1 is 1.36 bits per heavy atom. The lowest BCUT2D eigenvalue weighted by Gasteiger charge is -2.24. The number of nitro groups is 1. The van der Waals surface area contributed by atoms with E-state index in [1.807, 2.05) is 0 Å². The molecule has 0 spiro atoms. The molecule has 1 aromatic heterocycles. The molecule has 1 aliphatic heterocycles. The Balaban J connectivity index is 1.55. The number of nitrogens with zero attached hydrogens (tertiary/aromatic N) is 2. The number of ether oxygens (including phenoxy) is 1. The Morgan fingerprint density at radius 2 is 2.14 bits per heavy atom. The van der Waals surface area contributed by atoms with Crippen molar-refractivity contribution in [3.8, 4) is 0 Å². The van der Waals surface area contributed by atoms with Crippen LogP contribution in [0.25, 0.3) is 6.08 Å². The van der Waals surface area contributed by atoms with Crippen LogP contribution in [0.5, 0.6) is 0 Å². The van der Waals surface area contributed by atoms with Crippen LogP contribution in [0.1, 0.15) is 16.7 Å². The highest BCUT2D eigenvalue weighted by Gasteiger charge is 2.32. The number of carbonyl (C=O) groups excluding carboxylic acids is 2. The maximum Gasteiger partial charge on any atom is 0.433 e. The van der Waals surface area contributed by atoms with Gasteiger partial charge in [-0.1, -0.05) is 18.2 Å². The van der Waals surface area contributed by atoms with Crippen molar-refractivity contribution in [3.05, 3.63) is 69.7 Å². The minimum absolute atomic E-state index is 0.102. The van der Waals surface area contributed by atoms with Crippen LogP contribution in [0.4, 0.5) is 10.3 Å². The van der Waals surface area contributed by atoms with Gasteiger partial charge in [-0.15, -0.1) is 11.8 Å². The van der Waals surface area contributed by atoms with E-state index in [-0.39, 0.29) is 5.76 Å². The number of hydrogen-bond acceptors (Lipinski definition) is 7. The van der Waals surface area contributed by atoms with Crippen molar-refractivity contribution in [2.24, 2.45) is 0 Å². The van der Waals surface area contributed by atoms with E-state index in [2.05, 4.69) is 0 Å². The molecule has 1 saturated heterocycles. The van der Waals surface area contributed by atoms with E-state index < -0.39 is 40.5 Å². The van der Waals surface area contributed by atoms with Crippen LogP contribution in [-0.4, -0.2) is 40.6 Å². The topological polar surface area (TPSA) is 103 Å². The molecule has 10 heteroatoms. The molecule has 1 fully saturated rings. The fourth-order valence-corrected chi connectivity index (χ4v) is 3.90. The average molecular weight is 406 g/mol. The third-order valence-corrected chi connectivity index (χ3v) is 5.14. The largest absolute Gasteiger partial charge is 0.452 e. The number of carbonyl (C=O) groups is 2. The van der Waals surface area contributed by atoms with E-state index in [1.54, 1.807) is 18.2 Å². The highest BCUT2D eigenvalue weighted by molar-refractivity contribution is 7.99. The highest BCUT2D eigenvalue weighted by Crippen LogP contribution is 2.38. The number of thioether (sulfide) groups is 1. The van der Waals surface area contributed by atoms with Crippen LogP contribution < -0.4 is 0 Å². The molecular weight excluding hydrogens is 391 g/mol. The average Bonchev–Trinajstić information content (AvgIpc) is 3.34. The fraction of sp³-hybridized carbons (Fsp3) is 0.222. The molecule has 3 rings (SSSR count). The van der Waals surface area contributed by atoms with Crippen molar-refractivity contribution < 1.29 is 28.1 Å². The van der Waals surface area contributed by atoms with Gasteiger partial charge in [0.1, 0.15) is 21.9 Å². The SMILES string of the molecule is O=C(/C=C/c1ccc([N+](=O)[O-])o1)OCC(=O)N1CCS[C@@H]1c1ccccc1F. The second kappa shape index (κ2) is 8.70. The van der Waals surface area contributed by atoms with E-state index in [0.717, 1.165) is 12.1 Å². The summed E-state index contributed by atoms with van der Waals surface area (Å²) in [4.78, 5) is 35.5. The Morgan fingerprint density at radius 3 is 2.86 bits per heavy atom. The van der Waals surface area contributed by atoms with Crippen molar-refractivity contribution >= 4 is 35.6 Å². The second-order valence-corrected chi connectivity index (χ2v) is 6.89. The fourth-order valence-electron chi connectivity index (χ4n) is 2.60. The molecule has 1 amide bonds. The van der Waals surface area contributed by atoms with Crippen LogP contribution in [0.15, 0.2) is 46.9 Å². The van der Waals surface area contributed by atoms with Gasteiger partial charge >= 0.3 is 11.9 Å². The molecule has 0 unspecified atom stereocenters. The van der Waals surface area contributed by atoms with Crippen LogP contribution in [0.2, 0.25) is 0 Å². The first-order chi connectivity index (χ1) is 13.5. The lowest BCUT2D eigenvalue weighted by Crippen LogP contribution is -2.34. The van der Waals surface area contributed by atoms with E-state index >= 15 is 0 Å². The number of rotatable bonds is 6. The first-order valence-electron chi connectivity index (χ1n) is 8.20. The molecule has 146 valence electrons. The minimum Gasteiger partial charge on any atom is -0.452 e. The van der Waals surface area contributed by atoms with E-state index in [9.17, 15) is 24.1 Å². The molecule has 2 aromatic rings. The quantitative estimate of drug-likeness (QED) is 0.314. The maximum absolute atomic E-state index is 14.0. The summed E-state index contributed by atoms with van der Waals surface area (Å²) in [6, 6.07) is 8.71. The summed E-state index contributed by atoms with van der Waals surface area (Å²) in [7, 11) is 0. The molecule has 1 aromatic carbocycles. The Bertz CT molecular complexity index is 928. The van der Waals surface area contributed by atoms with Gasteiger partial charge in [-0.05, 0) is 18.2 Å². The molecule has 8 nitrogen and oxygen atoms in total. The summed E-state index contributed by atoms with van der Waals surface area (Å²) >= 11 is 1.44. The number of halogens is 1. The monoisotopic (exact) mass is 406 g/mol. The van der Waals surface area contributed by atoms with Crippen LogP contribution in [-0.2, 0) is 14.3 Å². The van der Waals surface area contributed by atoms with Gasteiger partial charge in [-0.3, -0.25) is 14.9 Å². The van der Waals surface area contributed by atoms with Gasteiger partial charge in [0.05, 0.1) is 6.07 Å². The Hall–Kier alpha value is -3.14. The second-order valence-electron chi connectivity index (χ2n) is 5.71. The molecule has 0 bridgehead atoms. The number of hydrogen-bond donors (Lipinski definition) is 0. The molecule has 28 heavy (non-hydrogen) atoms. The Labute approximate surface area is 163 Å². The van der Waals surface area contributed by atoms with Gasteiger partial charge in [0.25, 0.3) is 5.91 Å². The normalized spacial score (nSPS) is 16.5. The zero-order chi connectivity index (χ0) is 20.1. The molecule has 1 aliphatic rings. The lowest BCUT2D eigenvalue weighted by molar-refractivity contribution is -0.402. The molecule has 0 saturated carbocycles. The summed E-state index contributed by atoms with van der Waals surface area (Å²) < 4.78 is 23.8. The van der Waals surface area contributed by atoms with Crippen molar-refractivity contribution in [2.45, 2.75) is 5.37 Å². The first kappa shape index (κ1) is 19.6. The summed E-state index contributed by atoms with van der Waals surface area (Å²) in [6.07, 6.45) is 2.20. The van der Waals surface area contributed by atoms with E-state index in [1.165, 1.54) is 34.9 Å². The van der Waals surface area contributed by atoms with Crippen molar-refractivity contribution in [3.63, 3.8) is 0 Å². The standard InChI is InChI=1S/C18H15FN2O6S/c19-14-4-2-1-3-13(14)18-20(9-10-28-18)15(22)11-26-17(23)8-6-12-5-7-16(27-12)21(24)25/h1-8,18H,9-11H2/b8-6+/t18-/m1/s1. The zero-order valence-electron chi connectivity index (χ0n) is 14.4. The van der Waals surface area contributed by atoms with Crippen molar-refractivity contribution in [1.82, 2.24) is 4.90 Å². The van der Waals surface area contributed by atoms with Crippen LogP contribution in [0, 0.1) is 15.9 Å². The molecule has 0 radical (unpaired) electrons. The van der Waals surface area contributed by atoms with Gasteiger partial charge in [0.15, 0.2) is 6.61 Å². The summed E-state index contributed by atoms with van der Waals surface area (Å²) in [5.74, 6) is -1.34. The van der Waals surface area contributed by atoms with Crippen LogP contribution >= 0.6 is 11.8 Å². The number of esters is 1. The van der Waals surface area contributed by atoms with Crippen molar-refractivity contribution in [2.75, 3.05) is 18.9 Å². The highest BCUT2D eigenvalue weighted by atomic mass is 32.2. The summed E-state index contributed by atoms with van der Waals surface area (Å²) in [5.41, 5.74) is 0.406. The summed E-state index contributed by atoms with van der Waals surface area (Å²) in [5, 5.41) is 10.1. The third-order valence-electron chi connectivity index (χ3n) is 3.90. The lowest BCUT2D eigenvalue weighted by atomic mass is 10.2. The van der Waals surface area contributed by atoms with Gasteiger partial charge < -0.3 is 14.1 Å². The smallest absolute Gasteiger partial charge is 0.433 e. The van der Waals surface area contributed by atoms with Gasteiger partial charge in [0, 0.05) is 23.9 Å². The third kappa shape index (κ3) is 4.58. The molecule has 0 aliphatic carbocycles. The van der Waals surface area contributed by atoms with E-state index in [0.29, 0.717) is 17.9 Å². The number of benzene rings is 1. The molecular formula is C18H15FN2O6S. The number of amides is 1. The van der Waals surface area contributed by atoms with Gasteiger partial charge in [-0.25, -0.2) is 9.18 Å². The van der Waals surface area contributed by atoms with E-state index in [4.69, 9.17) is 9.15 Å². The maximum atomic E-state index is 14.0. The minimum atomic E-state index is -0.804. The molecule has 2 heterocycles. The Kier molecular flexibility index (Phi) is 6.09. The molecule has 0 N–H and O–H groups in total.